The molecule has 134 valence electrons. The molecule has 0 unspecified atom stereocenters. The molecule has 4 rings (SSSR count). The van der Waals surface area contributed by atoms with E-state index in [0.29, 0.717) is 11.5 Å². The molecule has 0 aromatic heterocycles. The van der Waals surface area contributed by atoms with E-state index < -0.39 is 6.10 Å². The Morgan fingerprint density at radius 2 is 1.88 bits per heavy atom. The summed E-state index contributed by atoms with van der Waals surface area (Å²) in [7, 11) is 0. The highest BCUT2D eigenvalue weighted by Crippen LogP contribution is 2.34. The van der Waals surface area contributed by atoms with Gasteiger partial charge in [0, 0.05) is 11.8 Å². The molecule has 1 amide bonds. The van der Waals surface area contributed by atoms with Gasteiger partial charge in [0.25, 0.3) is 5.91 Å². The summed E-state index contributed by atoms with van der Waals surface area (Å²) in [6.07, 6.45) is 0.218. The molecule has 2 aliphatic rings. The number of hydrogen-bond acceptors (Lipinski definition) is 5. The van der Waals surface area contributed by atoms with Crippen molar-refractivity contribution in [3.8, 4) is 11.5 Å². The minimum Gasteiger partial charge on any atom is -0.485 e. The van der Waals surface area contributed by atoms with Crippen LogP contribution in [0, 0.1) is 0 Å². The van der Waals surface area contributed by atoms with Gasteiger partial charge < -0.3 is 9.47 Å². The van der Waals surface area contributed by atoms with Crippen LogP contribution in [0.2, 0.25) is 0 Å². The molecular weight excluding hydrogens is 348 g/mol. The molecule has 2 aromatic rings. The highest BCUT2D eigenvalue weighted by Gasteiger charge is 2.40. The van der Waals surface area contributed by atoms with Gasteiger partial charge >= 0.3 is 0 Å². The maximum atomic E-state index is 13.2. The number of nitrogens with zero attached hydrogens (tertiary/aromatic N) is 2. The van der Waals surface area contributed by atoms with Crippen molar-refractivity contribution >= 4 is 28.5 Å². The number of rotatable bonds is 3. The number of thioether (sulfide) groups is 1. The van der Waals surface area contributed by atoms with Gasteiger partial charge in [0.2, 0.25) is 6.10 Å². The highest BCUT2D eigenvalue weighted by atomic mass is 32.2. The molecule has 2 heterocycles. The molecule has 6 heteroatoms. The van der Waals surface area contributed by atoms with Gasteiger partial charge in [0.05, 0.1) is 5.69 Å². The monoisotopic (exact) mass is 368 g/mol. The maximum absolute atomic E-state index is 13.2. The minimum atomic E-state index is -0.654. The molecular formula is C20H20N2O3S. The molecule has 26 heavy (non-hydrogen) atoms. The van der Waals surface area contributed by atoms with E-state index in [2.05, 4.69) is 11.9 Å². The SMILES string of the molecule is CC[C@H]1CSC(=Nc2ccccc2)N1C(=O)[C@H]1COc2ccccc2O1. The lowest BCUT2D eigenvalue weighted by atomic mass is 10.2. The Bertz CT molecular complexity index is 825. The van der Waals surface area contributed by atoms with Crippen LogP contribution < -0.4 is 9.47 Å². The average Bonchev–Trinajstić information content (AvgIpc) is 3.10. The van der Waals surface area contributed by atoms with Crippen molar-refractivity contribution in [1.29, 1.82) is 0 Å². The van der Waals surface area contributed by atoms with Crippen LogP contribution in [0.3, 0.4) is 0 Å². The van der Waals surface area contributed by atoms with Crippen LogP contribution in [0.25, 0.3) is 0 Å². The van der Waals surface area contributed by atoms with Gasteiger partial charge in [0.15, 0.2) is 16.7 Å². The normalized spacial score (nSPS) is 23.3. The van der Waals surface area contributed by atoms with Crippen LogP contribution in [0.5, 0.6) is 11.5 Å². The zero-order valence-electron chi connectivity index (χ0n) is 14.5. The van der Waals surface area contributed by atoms with E-state index in [1.807, 2.05) is 54.6 Å². The number of ether oxygens (including phenoxy) is 2. The number of aliphatic imine (C=N–C) groups is 1. The van der Waals surface area contributed by atoms with Crippen molar-refractivity contribution in [3.63, 3.8) is 0 Å². The lowest BCUT2D eigenvalue weighted by molar-refractivity contribution is -0.138. The smallest absolute Gasteiger partial charge is 0.273 e. The Hall–Kier alpha value is -2.47. The van der Waals surface area contributed by atoms with Gasteiger partial charge in [-0.3, -0.25) is 9.69 Å². The molecule has 2 atom stereocenters. The van der Waals surface area contributed by atoms with E-state index in [-0.39, 0.29) is 18.6 Å². The van der Waals surface area contributed by atoms with Gasteiger partial charge in [-0.15, -0.1) is 0 Å². The molecule has 0 aliphatic carbocycles. The van der Waals surface area contributed by atoms with E-state index in [9.17, 15) is 4.79 Å². The molecule has 1 saturated heterocycles. The predicted molar refractivity (Wildman–Crippen MR) is 103 cm³/mol. The van der Waals surface area contributed by atoms with Gasteiger partial charge in [-0.1, -0.05) is 49.0 Å². The third-order valence-electron chi connectivity index (χ3n) is 4.45. The molecule has 0 bridgehead atoms. The van der Waals surface area contributed by atoms with Crippen LogP contribution in [0.15, 0.2) is 59.6 Å². The standard InChI is InChI=1S/C20H20N2O3S/c1-2-15-13-26-20(21-14-8-4-3-5-9-14)22(15)19(23)18-12-24-16-10-6-7-11-17(16)25-18/h3-11,15,18H,2,12-13H2,1H3/t15-,18+/m0/s1. The van der Waals surface area contributed by atoms with E-state index >= 15 is 0 Å². The van der Waals surface area contributed by atoms with E-state index in [0.717, 1.165) is 23.0 Å². The maximum Gasteiger partial charge on any atom is 0.273 e. The first kappa shape index (κ1) is 17.0. The quantitative estimate of drug-likeness (QED) is 0.825. The fourth-order valence-corrected chi connectivity index (χ4v) is 4.32. The Morgan fingerprint density at radius 1 is 1.15 bits per heavy atom. The number of carbonyl (C=O) groups excluding carboxylic acids is 1. The van der Waals surface area contributed by atoms with Crippen molar-refractivity contribution in [1.82, 2.24) is 4.90 Å². The molecule has 0 spiro atoms. The molecule has 1 fully saturated rings. The first-order chi connectivity index (χ1) is 12.8. The van der Waals surface area contributed by atoms with Gasteiger partial charge in [-0.25, -0.2) is 4.99 Å². The number of amidine groups is 1. The zero-order chi connectivity index (χ0) is 17.9. The Morgan fingerprint density at radius 3 is 2.65 bits per heavy atom. The second kappa shape index (κ2) is 7.41. The van der Waals surface area contributed by atoms with Crippen molar-refractivity contribution in [2.75, 3.05) is 12.4 Å². The van der Waals surface area contributed by atoms with Crippen LogP contribution in [-0.2, 0) is 4.79 Å². The first-order valence-corrected chi connectivity index (χ1v) is 9.73. The third-order valence-corrected chi connectivity index (χ3v) is 5.55. The summed E-state index contributed by atoms with van der Waals surface area (Å²) in [5.41, 5.74) is 0.843. The predicted octanol–water partition coefficient (Wildman–Crippen LogP) is 3.87. The van der Waals surface area contributed by atoms with Crippen LogP contribution >= 0.6 is 11.8 Å². The molecule has 2 aliphatic heterocycles. The number of fused-ring (bicyclic) bond motifs is 1. The van der Waals surface area contributed by atoms with Crippen LogP contribution in [0.4, 0.5) is 5.69 Å². The number of hydrogen-bond donors (Lipinski definition) is 0. The average molecular weight is 368 g/mol. The Balaban J connectivity index is 1.59. The fraction of sp³-hybridized carbons (Fsp3) is 0.300. The number of para-hydroxylation sites is 3. The molecule has 5 nitrogen and oxygen atoms in total. The zero-order valence-corrected chi connectivity index (χ0v) is 15.3. The summed E-state index contributed by atoms with van der Waals surface area (Å²) in [6.45, 7) is 2.30. The largest absolute Gasteiger partial charge is 0.485 e. The summed E-state index contributed by atoms with van der Waals surface area (Å²) < 4.78 is 11.6. The third kappa shape index (κ3) is 3.29. The van der Waals surface area contributed by atoms with Gasteiger partial charge in [0.1, 0.15) is 6.61 Å². The molecule has 0 radical (unpaired) electrons. The summed E-state index contributed by atoms with van der Waals surface area (Å²) in [5, 5.41) is 0.732. The molecule has 2 aromatic carbocycles. The molecule has 0 N–H and O–H groups in total. The van der Waals surface area contributed by atoms with E-state index in [4.69, 9.17) is 9.47 Å². The summed E-state index contributed by atoms with van der Waals surface area (Å²) in [5.74, 6) is 2.04. The number of amides is 1. The topological polar surface area (TPSA) is 51.1 Å². The first-order valence-electron chi connectivity index (χ1n) is 8.74. The van der Waals surface area contributed by atoms with E-state index in [1.165, 1.54) is 0 Å². The van der Waals surface area contributed by atoms with Crippen molar-refractivity contribution in [3.05, 3.63) is 54.6 Å². The molecule has 0 saturated carbocycles. The van der Waals surface area contributed by atoms with Crippen LogP contribution in [0.1, 0.15) is 13.3 Å². The lowest BCUT2D eigenvalue weighted by Crippen LogP contribution is -2.49. The number of carbonyl (C=O) groups is 1. The fourth-order valence-electron chi connectivity index (χ4n) is 3.04. The lowest BCUT2D eigenvalue weighted by Gasteiger charge is -2.31. The van der Waals surface area contributed by atoms with Crippen LogP contribution in [-0.4, -0.2) is 40.5 Å². The summed E-state index contributed by atoms with van der Waals surface area (Å²) in [4.78, 5) is 19.7. The summed E-state index contributed by atoms with van der Waals surface area (Å²) in [6, 6.07) is 17.3. The Labute approximate surface area is 157 Å². The second-order valence-electron chi connectivity index (χ2n) is 6.18. The second-order valence-corrected chi connectivity index (χ2v) is 7.16. The van der Waals surface area contributed by atoms with Gasteiger partial charge in [-0.05, 0) is 30.7 Å². The summed E-state index contributed by atoms with van der Waals surface area (Å²) >= 11 is 1.61. The highest BCUT2D eigenvalue weighted by molar-refractivity contribution is 8.14. The minimum absolute atomic E-state index is 0.0916. The van der Waals surface area contributed by atoms with Gasteiger partial charge in [-0.2, -0.15) is 0 Å². The number of benzene rings is 2. The van der Waals surface area contributed by atoms with Crippen molar-refractivity contribution < 1.29 is 14.3 Å². The van der Waals surface area contributed by atoms with Crippen molar-refractivity contribution in [2.24, 2.45) is 4.99 Å². The van der Waals surface area contributed by atoms with E-state index in [1.54, 1.807) is 16.7 Å². The van der Waals surface area contributed by atoms with Crippen molar-refractivity contribution in [2.45, 2.75) is 25.5 Å². The Kier molecular flexibility index (Phi) is 4.84.